The third-order valence-corrected chi connectivity index (χ3v) is 3.94. The number of esters is 2. The molecule has 4 atom stereocenters. The maximum Gasteiger partial charge on any atom is 0.308 e. The van der Waals surface area contributed by atoms with Crippen molar-refractivity contribution in [2.24, 2.45) is 0 Å². The zero-order valence-electron chi connectivity index (χ0n) is 12.0. The molecule has 0 unspecified atom stereocenters. The fourth-order valence-corrected chi connectivity index (χ4v) is 2.85. The highest BCUT2D eigenvalue weighted by Crippen LogP contribution is 2.33. The summed E-state index contributed by atoms with van der Waals surface area (Å²) in [5.74, 6) is -0.488. The van der Waals surface area contributed by atoms with Crippen LogP contribution in [0.2, 0.25) is 0 Å². The second-order valence-corrected chi connectivity index (χ2v) is 5.31. The molecule has 6 heteroatoms. The molecule has 0 aromatic rings. The Labute approximate surface area is 118 Å². The second kappa shape index (κ2) is 7.04. The van der Waals surface area contributed by atoms with E-state index >= 15 is 0 Å². The minimum absolute atomic E-state index is 0.0207. The van der Waals surface area contributed by atoms with Gasteiger partial charge >= 0.3 is 11.9 Å². The lowest BCUT2D eigenvalue weighted by Crippen LogP contribution is -2.28. The van der Waals surface area contributed by atoms with Crippen LogP contribution in [0.4, 0.5) is 0 Å². The molecule has 2 aliphatic rings. The van der Waals surface area contributed by atoms with Crippen LogP contribution in [0.15, 0.2) is 0 Å². The standard InChI is InChI=1S/C14H22O6/c1-17-13(15)7-9-3-5-11(19-9)12-6-4-10(20-12)8-14(16)18-2/h9-12H,3-8H2,1-2H3/t9-,10+,11+,12-. The fourth-order valence-electron chi connectivity index (χ4n) is 2.85. The van der Waals surface area contributed by atoms with Crippen molar-refractivity contribution < 1.29 is 28.5 Å². The van der Waals surface area contributed by atoms with Crippen LogP contribution >= 0.6 is 0 Å². The third-order valence-electron chi connectivity index (χ3n) is 3.94. The quantitative estimate of drug-likeness (QED) is 0.707. The van der Waals surface area contributed by atoms with Gasteiger partial charge in [-0.15, -0.1) is 0 Å². The lowest BCUT2D eigenvalue weighted by molar-refractivity contribution is -0.147. The highest BCUT2D eigenvalue weighted by molar-refractivity contribution is 5.70. The van der Waals surface area contributed by atoms with Gasteiger partial charge in [0.1, 0.15) is 0 Å². The number of rotatable bonds is 5. The maximum absolute atomic E-state index is 11.2. The fraction of sp³-hybridized carbons (Fsp3) is 0.857. The van der Waals surface area contributed by atoms with Crippen molar-refractivity contribution in [2.45, 2.75) is 62.9 Å². The second-order valence-electron chi connectivity index (χ2n) is 5.31. The molecule has 0 N–H and O–H groups in total. The molecule has 2 aliphatic heterocycles. The SMILES string of the molecule is COC(=O)C[C@H]1CC[C@@H]([C@H]2CC[C@@H](CC(=O)OC)O2)O1. The van der Waals surface area contributed by atoms with Crippen molar-refractivity contribution in [2.75, 3.05) is 14.2 Å². The summed E-state index contributed by atoms with van der Waals surface area (Å²) in [4.78, 5) is 22.4. The van der Waals surface area contributed by atoms with Crippen LogP contribution in [0.3, 0.4) is 0 Å². The first kappa shape index (κ1) is 15.3. The van der Waals surface area contributed by atoms with Gasteiger partial charge in [0.15, 0.2) is 0 Å². The Kier molecular flexibility index (Phi) is 5.37. The summed E-state index contributed by atoms with van der Waals surface area (Å²) in [6.07, 6.45) is 3.96. The predicted octanol–water partition coefficient (Wildman–Crippen LogP) is 1.21. The molecular weight excluding hydrogens is 264 g/mol. The van der Waals surface area contributed by atoms with Crippen molar-refractivity contribution >= 4 is 11.9 Å². The van der Waals surface area contributed by atoms with Crippen molar-refractivity contribution in [3.63, 3.8) is 0 Å². The van der Waals surface area contributed by atoms with Crippen LogP contribution in [0.5, 0.6) is 0 Å². The molecule has 20 heavy (non-hydrogen) atoms. The highest BCUT2D eigenvalue weighted by Gasteiger charge is 2.38. The van der Waals surface area contributed by atoms with Gasteiger partial charge < -0.3 is 18.9 Å². The van der Waals surface area contributed by atoms with Gasteiger partial charge in [0.05, 0.1) is 51.5 Å². The molecule has 0 aromatic carbocycles. The maximum atomic E-state index is 11.2. The number of methoxy groups -OCH3 is 2. The molecular formula is C14H22O6. The zero-order chi connectivity index (χ0) is 14.5. The Hall–Kier alpha value is -1.14. The van der Waals surface area contributed by atoms with Crippen LogP contribution in [0, 0.1) is 0 Å². The zero-order valence-corrected chi connectivity index (χ0v) is 12.0. The van der Waals surface area contributed by atoms with Gasteiger partial charge in [-0.1, -0.05) is 0 Å². The van der Waals surface area contributed by atoms with Gasteiger partial charge in [0.25, 0.3) is 0 Å². The monoisotopic (exact) mass is 286 g/mol. The van der Waals surface area contributed by atoms with E-state index in [1.54, 1.807) is 0 Å². The lowest BCUT2D eigenvalue weighted by Gasteiger charge is -2.20. The molecule has 2 saturated heterocycles. The van der Waals surface area contributed by atoms with E-state index in [0.717, 1.165) is 25.7 Å². The Morgan fingerprint density at radius 3 is 1.60 bits per heavy atom. The summed E-state index contributed by atoms with van der Waals surface area (Å²) in [5.41, 5.74) is 0. The number of hydrogen-bond acceptors (Lipinski definition) is 6. The molecule has 114 valence electrons. The van der Waals surface area contributed by atoms with E-state index in [4.69, 9.17) is 9.47 Å². The van der Waals surface area contributed by atoms with Crippen molar-refractivity contribution in [1.82, 2.24) is 0 Å². The molecule has 6 nitrogen and oxygen atoms in total. The third kappa shape index (κ3) is 3.93. The molecule has 0 radical (unpaired) electrons. The Morgan fingerprint density at radius 2 is 1.25 bits per heavy atom. The van der Waals surface area contributed by atoms with E-state index in [0.29, 0.717) is 12.8 Å². The molecule has 0 aromatic heterocycles. The van der Waals surface area contributed by atoms with E-state index in [1.807, 2.05) is 0 Å². The van der Waals surface area contributed by atoms with Crippen molar-refractivity contribution in [3.8, 4) is 0 Å². The first-order chi connectivity index (χ1) is 9.62. The highest BCUT2D eigenvalue weighted by atomic mass is 16.6. The minimum atomic E-state index is -0.244. The molecule has 0 bridgehead atoms. The van der Waals surface area contributed by atoms with Crippen molar-refractivity contribution in [1.29, 1.82) is 0 Å². The summed E-state index contributed by atoms with van der Waals surface area (Å²) in [6.45, 7) is 0. The van der Waals surface area contributed by atoms with Crippen LogP contribution in [0.25, 0.3) is 0 Å². The van der Waals surface area contributed by atoms with Gasteiger partial charge in [-0.25, -0.2) is 0 Å². The van der Waals surface area contributed by atoms with Crippen molar-refractivity contribution in [3.05, 3.63) is 0 Å². The van der Waals surface area contributed by atoms with Crippen LogP contribution in [-0.4, -0.2) is 50.6 Å². The molecule has 2 fully saturated rings. The summed E-state index contributed by atoms with van der Waals surface area (Å²) in [7, 11) is 2.76. The summed E-state index contributed by atoms with van der Waals surface area (Å²) < 4.78 is 21.0. The van der Waals surface area contributed by atoms with Gasteiger partial charge in [-0.05, 0) is 25.7 Å². The van der Waals surface area contributed by atoms with E-state index in [-0.39, 0.29) is 36.4 Å². The van der Waals surface area contributed by atoms with E-state index in [2.05, 4.69) is 9.47 Å². The molecule has 0 aliphatic carbocycles. The van der Waals surface area contributed by atoms with Gasteiger partial charge in [-0.2, -0.15) is 0 Å². The summed E-state index contributed by atoms with van der Waals surface area (Å²) >= 11 is 0. The molecule has 0 amide bonds. The van der Waals surface area contributed by atoms with Gasteiger partial charge in [0, 0.05) is 0 Å². The Balaban J connectivity index is 1.74. The molecule has 2 heterocycles. The number of carbonyl (C=O) groups is 2. The number of ether oxygens (including phenoxy) is 4. The number of carbonyl (C=O) groups excluding carboxylic acids is 2. The smallest absolute Gasteiger partial charge is 0.308 e. The van der Waals surface area contributed by atoms with E-state index in [9.17, 15) is 9.59 Å². The number of hydrogen-bond donors (Lipinski definition) is 0. The normalized spacial score (nSPS) is 33.1. The predicted molar refractivity (Wildman–Crippen MR) is 69.1 cm³/mol. The topological polar surface area (TPSA) is 71.1 Å². The first-order valence-corrected chi connectivity index (χ1v) is 7.07. The van der Waals surface area contributed by atoms with Crippen LogP contribution in [-0.2, 0) is 28.5 Å². The molecule has 0 saturated carbocycles. The average Bonchev–Trinajstić information content (AvgIpc) is 3.07. The first-order valence-electron chi connectivity index (χ1n) is 7.07. The lowest BCUT2D eigenvalue weighted by atomic mass is 10.1. The largest absolute Gasteiger partial charge is 0.469 e. The Morgan fingerprint density at radius 1 is 0.850 bits per heavy atom. The van der Waals surface area contributed by atoms with E-state index < -0.39 is 0 Å². The van der Waals surface area contributed by atoms with Crippen LogP contribution in [0.1, 0.15) is 38.5 Å². The van der Waals surface area contributed by atoms with Crippen LogP contribution < -0.4 is 0 Å². The van der Waals surface area contributed by atoms with E-state index in [1.165, 1.54) is 14.2 Å². The van der Waals surface area contributed by atoms with Gasteiger partial charge in [0.2, 0.25) is 0 Å². The molecule has 0 spiro atoms. The van der Waals surface area contributed by atoms with Gasteiger partial charge in [-0.3, -0.25) is 9.59 Å². The molecule has 2 rings (SSSR count). The Bertz CT molecular complexity index is 322. The average molecular weight is 286 g/mol. The summed E-state index contributed by atoms with van der Waals surface area (Å²) in [5, 5.41) is 0. The minimum Gasteiger partial charge on any atom is -0.469 e. The summed E-state index contributed by atoms with van der Waals surface area (Å²) in [6, 6.07) is 0.